The van der Waals surface area contributed by atoms with Crippen molar-refractivity contribution in [2.24, 2.45) is 0 Å². The molecular weight excluding hydrogens is 190 g/mol. The number of carbonyl (C=O) groups is 1. The van der Waals surface area contributed by atoms with Crippen molar-refractivity contribution in [3.63, 3.8) is 0 Å². The average Bonchev–Trinajstić information content (AvgIpc) is 1.99. The Hall–Kier alpha value is -0.730. The van der Waals surface area contributed by atoms with Crippen LogP contribution < -0.4 is 0 Å². The molecule has 1 fully saturated rings. The van der Waals surface area contributed by atoms with Crippen LogP contribution in [0, 0.1) is 0 Å². The molecule has 0 unspecified atom stereocenters. The Labute approximate surface area is 92.8 Å². The molecule has 0 aromatic heterocycles. The minimum absolute atomic E-state index is 0.165. The zero-order chi connectivity index (χ0) is 11.6. The molecule has 0 aromatic rings. The molecule has 0 aromatic carbocycles. The molecule has 3 heteroatoms. The number of hydrogen-bond donors (Lipinski definition) is 0. The number of hydrogen-bond acceptors (Lipinski definition) is 2. The maximum Gasteiger partial charge on any atom is 0.410 e. The SMILES string of the molecule is C[C@@H]1CCC[C@@H](C)N1C(=O)OC(C)(C)C. The smallest absolute Gasteiger partial charge is 0.410 e. The third-order valence-corrected chi connectivity index (χ3v) is 2.80. The molecular formula is C12H23NO2. The van der Waals surface area contributed by atoms with Crippen LogP contribution in [0.3, 0.4) is 0 Å². The largest absolute Gasteiger partial charge is 0.444 e. The van der Waals surface area contributed by atoms with Gasteiger partial charge in [0.05, 0.1) is 0 Å². The second-order valence-electron chi connectivity index (χ2n) is 5.52. The van der Waals surface area contributed by atoms with Crippen molar-refractivity contribution in [1.82, 2.24) is 4.90 Å². The molecule has 1 rings (SSSR count). The van der Waals surface area contributed by atoms with Gasteiger partial charge in [-0.05, 0) is 53.9 Å². The number of amides is 1. The summed E-state index contributed by atoms with van der Waals surface area (Å²) in [5.41, 5.74) is -0.395. The van der Waals surface area contributed by atoms with Crippen LogP contribution >= 0.6 is 0 Å². The standard InChI is InChI=1S/C12H23NO2/c1-9-7-6-8-10(2)13(9)11(14)15-12(3,4)5/h9-10H,6-8H2,1-5H3/t9-,10-/m1/s1. The Balaban J connectivity index is 2.64. The van der Waals surface area contributed by atoms with Crippen LogP contribution in [0.2, 0.25) is 0 Å². The van der Waals surface area contributed by atoms with Gasteiger partial charge >= 0.3 is 6.09 Å². The summed E-state index contributed by atoms with van der Waals surface area (Å²) in [6.07, 6.45) is 3.22. The van der Waals surface area contributed by atoms with Crippen LogP contribution in [0.4, 0.5) is 4.79 Å². The van der Waals surface area contributed by atoms with Gasteiger partial charge in [-0.2, -0.15) is 0 Å². The summed E-state index contributed by atoms with van der Waals surface area (Å²) in [6, 6.07) is 0.618. The fraction of sp³-hybridized carbons (Fsp3) is 0.917. The molecule has 2 atom stereocenters. The molecule has 1 aliphatic rings. The molecule has 0 radical (unpaired) electrons. The van der Waals surface area contributed by atoms with Gasteiger partial charge in [-0.25, -0.2) is 4.79 Å². The minimum atomic E-state index is -0.395. The summed E-state index contributed by atoms with van der Waals surface area (Å²) >= 11 is 0. The van der Waals surface area contributed by atoms with Gasteiger partial charge < -0.3 is 9.64 Å². The van der Waals surface area contributed by atoms with Crippen molar-refractivity contribution < 1.29 is 9.53 Å². The van der Waals surface area contributed by atoms with Gasteiger partial charge in [-0.15, -0.1) is 0 Å². The van der Waals surface area contributed by atoms with Gasteiger partial charge in [-0.1, -0.05) is 0 Å². The third-order valence-electron chi connectivity index (χ3n) is 2.80. The van der Waals surface area contributed by atoms with E-state index >= 15 is 0 Å². The Morgan fingerprint density at radius 2 is 1.67 bits per heavy atom. The second-order valence-corrected chi connectivity index (χ2v) is 5.52. The van der Waals surface area contributed by atoms with Gasteiger partial charge in [-0.3, -0.25) is 0 Å². The monoisotopic (exact) mass is 213 g/mol. The van der Waals surface area contributed by atoms with Gasteiger partial charge in [0.15, 0.2) is 0 Å². The normalized spacial score (nSPS) is 27.7. The van der Waals surface area contributed by atoms with E-state index in [1.807, 2.05) is 25.7 Å². The third kappa shape index (κ3) is 3.40. The summed E-state index contributed by atoms with van der Waals surface area (Å²) in [4.78, 5) is 13.8. The van der Waals surface area contributed by atoms with Crippen molar-refractivity contribution in [3.05, 3.63) is 0 Å². The first kappa shape index (κ1) is 12.3. The summed E-state index contributed by atoms with van der Waals surface area (Å²) in [5, 5.41) is 0. The van der Waals surface area contributed by atoms with E-state index in [1.165, 1.54) is 6.42 Å². The molecule has 0 N–H and O–H groups in total. The molecule has 0 spiro atoms. The first-order valence-electron chi connectivity index (χ1n) is 5.82. The lowest BCUT2D eigenvalue weighted by Gasteiger charge is -2.39. The van der Waals surface area contributed by atoms with Gasteiger partial charge in [0.1, 0.15) is 5.60 Å². The molecule has 1 aliphatic heterocycles. The molecule has 15 heavy (non-hydrogen) atoms. The highest BCUT2D eigenvalue weighted by Gasteiger charge is 2.32. The Morgan fingerprint density at radius 1 is 1.20 bits per heavy atom. The van der Waals surface area contributed by atoms with Gasteiger partial charge in [0, 0.05) is 12.1 Å². The Morgan fingerprint density at radius 3 is 2.07 bits per heavy atom. The van der Waals surface area contributed by atoms with E-state index in [2.05, 4.69) is 13.8 Å². The van der Waals surface area contributed by atoms with E-state index in [4.69, 9.17) is 4.74 Å². The quantitative estimate of drug-likeness (QED) is 0.618. The highest BCUT2D eigenvalue weighted by molar-refractivity contribution is 5.69. The number of carbonyl (C=O) groups excluding carboxylic acids is 1. The fourth-order valence-corrected chi connectivity index (χ4v) is 2.10. The lowest BCUT2D eigenvalue weighted by atomic mass is 9.98. The van der Waals surface area contributed by atoms with Gasteiger partial charge in [0.25, 0.3) is 0 Å². The van der Waals surface area contributed by atoms with Crippen molar-refractivity contribution in [2.45, 2.75) is 71.6 Å². The lowest BCUT2D eigenvalue weighted by molar-refractivity contribution is -0.0000287. The van der Waals surface area contributed by atoms with Crippen molar-refractivity contribution in [2.75, 3.05) is 0 Å². The van der Waals surface area contributed by atoms with Crippen LogP contribution in [0.25, 0.3) is 0 Å². The number of piperidine rings is 1. The van der Waals surface area contributed by atoms with Crippen molar-refractivity contribution in [3.8, 4) is 0 Å². The number of ether oxygens (including phenoxy) is 1. The molecule has 0 bridgehead atoms. The van der Waals surface area contributed by atoms with E-state index < -0.39 is 5.60 Å². The first-order valence-corrected chi connectivity index (χ1v) is 5.82. The van der Waals surface area contributed by atoms with Crippen LogP contribution in [0.5, 0.6) is 0 Å². The number of rotatable bonds is 0. The second kappa shape index (κ2) is 4.42. The Bertz CT molecular complexity index is 222. The minimum Gasteiger partial charge on any atom is -0.444 e. The first-order chi connectivity index (χ1) is 6.81. The van der Waals surface area contributed by atoms with Crippen LogP contribution in [0.1, 0.15) is 53.9 Å². The van der Waals surface area contributed by atoms with Crippen LogP contribution in [-0.2, 0) is 4.74 Å². The maximum atomic E-state index is 11.9. The lowest BCUT2D eigenvalue weighted by Crippen LogP contribution is -2.49. The molecule has 0 saturated carbocycles. The average molecular weight is 213 g/mol. The highest BCUT2D eigenvalue weighted by Crippen LogP contribution is 2.24. The van der Waals surface area contributed by atoms with E-state index in [1.54, 1.807) is 0 Å². The van der Waals surface area contributed by atoms with Crippen molar-refractivity contribution >= 4 is 6.09 Å². The van der Waals surface area contributed by atoms with E-state index in [-0.39, 0.29) is 6.09 Å². The summed E-state index contributed by atoms with van der Waals surface area (Å²) in [6.45, 7) is 9.91. The Kier molecular flexibility index (Phi) is 3.63. The predicted molar refractivity (Wildman–Crippen MR) is 60.8 cm³/mol. The molecule has 3 nitrogen and oxygen atoms in total. The predicted octanol–water partition coefficient (Wildman–Crippen LogP) is 3.18. The van der Waals surface area contributed by atoms with E-state index in [0.29, 0.717) is 12.1 Å². The summed E-state index contributed by atoms with van der Waals surface area (Å²) in [5.74, 6) is 0. The number of nitrogens with zero attached hydrogens (tertiary/aromatic N) is 1. The molecule has 1 saturated heterocycles. The van der Waals surface area contributed by atoms with Gasteiger partial charge in [0.2, 0.25) is 0 Å². The summed E-state index contributed by atoms with van der Waals surface area (Å²) in [7, 11) is 0. The zero-order valence-corrected chi connectivity index (χ0v) is 10.5. The molecule has 1 amide bonds. The summed E-state index contributed by atoms with van der Waals surface area (Å²) < 4.78 is 5.40. The highest BCUT2D eigenvalue weighted by atomic mass is 16.6. The van der Waals surface area contributed by atoms with Crippen LogP contribution in [-0.4, -0.2) is 28.7 Å². The zero-order valence-electron chi connectivity index (χ0n) is 10.5. The maximum absolute atomic E-state index is 11.9. The fourth-order valence-electron chi connectivity index (χ4n) is 2.10. The van der Waals surface area contributed by atoms with E-state index in [0.717, 1.165) is 12.8 Å². The topological polar surface area (TPSA) is 29.5 Å². The van der Waals surface area contributed by atoms with Crippen molar-refractivity contribution in [1.29, 1.82) is 0 Å². The number of likely N-dealkylation sites (tertiary alicyclic amines) is 1. The van der Waals surface area contributed by atoms with Crippen LogP contribution in [0.15, 0.2) is 0 Å². The molecule has 88 valence electrons. The van der Waals surface area contributed by atoms with E-state index in [9.17, 15) is 4.79 Å². The molecule has 0 aliphatic carbocycles. The molecule has 1 heterocycles.